The first-order valence-electron chi connectivity index (χ1n) is 17.2. The van der Waals surface area contributed by atoms with Gasteiger partial charge in [-0.05, 0) is 59.1 Å². The van der Waals surface area contributed by atoms with Gasteiger partial charge in [-0.25, -0.2) is 9.59 Å². The van der Waals surface area contributed by atoms with Crippen molar-refractivity contribution in [2.45, 2.75) is 129 Å². The summed E-state index contributed by atoms with van der Waals surface area (Å²) >= 11 is 0. The van der Waals surface area contributed by atoms with Gasteiger partial charge in [-0.15, -0.1) is 0 Å². The molecule has 0 radical (unpaired) electrons. The predicted molar refractivity (Wildman–Crippen MR) is 189 cm³/mol. The molecule has 0 aliphatic carbocycles. The van der Waals surface area contributed by atoms with E-state index in [1.54, 1.807) is 71.9 Å². The predicted octanol–water partition coefficient (Wildman–Crippen LogP) is 5.75. The van der Waals surface area contributed by atoms with Crippen molar-refractivity contribution in [2.24, 2.45) is 5.73 Å². The van der Waals surface area contributed by atoms with Crippen molar-refractivity contribution in [2.75, 3.05) is 6.54 Å². The molecule has 0 saturated carbocycles. The van der Waals surface area contributed by atoms with Gasteiger partial charge in [0.25, 0.3) is 0 Å². The monoisotopic (exact) mass is 680 g/mol. The second-order valence-corrected chi connectivity index (χ2v) is 14.3. The first kappa shape index (κ1) is 40.8. The minimum Gasteiger partial charge on any atom is -0.458 e. The zero-order chi connectivity index (χ0) is 36.6. The number of unbranched alkanes of at least 4 members (excludes halogenated alkanes) is 5. The van der Waals surface area contributed by atoms with Crippen molar-refractivity contribution in [1.29, 1.82) is 0 Å². The normalized spacial score (nSPS) is 13.4. The third-order valence-electron chi connectivity index (χ3n) is 7.40. The van der Waals surface area contributed by atoms with Crippen molar-refractivity contribution in [3.05, 3.63) is 71.8 Å². The minimum absolute atomic E-state index is 0.138. The zero-order valence-corrected chi connectivity index (χ0v) is 30.3. The molecule has 0 aliphatic rings. The van der Waals surface area contributed by atoms with E-state index < -0.39 is 65.5 Å². The van der Waals surface area contributed by atoms with Crippen LogP contribution in [0.15, 0.2) is 60.7 Å². The third kappa shape index (κ3) is 15.6. The number of alkyl carbamates (subject to hydrolysis) is 1. The van der Waals surface area contributed by atoms with Crippen LogP contribution >= 0.6 is 0 Å². The van der Waals surface area contributed by atoms with E-state index in [0.717, 1.165) is 37.7 Å². The van der Waals surface area contributed by atoms with E-state index in [2.05, 4.69) is 17.6 Å². The largest absolute Gasteiger partial charge is 0.458 e. The molecule has 2 aromatic carbocycles. The highest BCUT2D eigenvalue weighted by molar-refractivity contribution is 5.95. The molecule has 0 fully saturated rings. The molecule has 0 aromatic heterocycles. The van der Waals surface area contributed by atoms with Crippen molar-refractivity contribution in [3.63, 3.8) is 0 Å². The molecule has 11 nitrogen and oxygen atoms in total. The molecule has 2 rings (SSSR count). The summed E-state index contributed by atoms with van der Waals surface area (Å²) in [7, 11) is 0. The van der Waals surface area contributed by atoms with E-state index in [9.17, 15) is 24.0 Å². The van der Waals surface area contributed by atoms with Crippen LogP contribution in [0.3, 0.4) is 0 Å². The molecule has 11 heteroatoms. The Morgan fingerprint density at radius 2 is 1.29 bits per heavy atom. The molecule has 4 N–H and O–H groups in total. The van der Waals surface area contributed by atoms with Gasteiger partial charge in [0.05, 0.1) is 6.42 Å². The number of nitrogens with two attached hydrogens (primary N) is 1. The van der Waals surface area contributed by atoms with E-state index in [-0.39, 0.29) is 13.0 Å². The number of hydrogen-bond donors (Lipinski definition) is 3. The number of amides is 4. The number of rotatable bonds is 18. The number of nitrogens with one attached hydrogen (secondary N) is 2. The van der Waals surface area contributed by atoms with Crippen LogP contribution in [-0.4, -0.2) is 64.5 Å². The van der Waals surface area contributed by atoms with Crippen LogP contribution in [0.2, 0.25) is 0 Å². The number of carbonyl (C=O) groups is 5. The molecule has 4 amide bonds. The van der Waals surface area contributed by atoms with E-state index >= 15 is 0 Å². The fraction of sp³-hybridized carbons (Fsp3) is 0.553. The molecule has 49 heavy (non-hydrogen) atoms. The quantitative estimate of drug-likeness (QED) is 0.134. The molecule has 0 bridgehead atoms. The number of nitrogens with zero attached hydrogens (tertiary/aromatic N) is 1. The molecular weight excluding hydrogens is 624 g/mol. The highest BCUT2D eigenvalue weighted by Crippen LogP contribution is 2.25. The number of hydrogen-bond acceptors (Lipinski definition) is 7. The molecule has 3 atom stereocenters. The van der Waals surface area contributed by atoms with E-state index in [1.165, 1.54) is 4.90 Å². The lowest BCUT2D eigenvalue weighted by Crippen LogP contribution is -2.55. The van der Waals surface area contributed by atoms with Crippen molar-refractivity contribution in [1.82, 2.24) is 15.5 Å². The van der Waals surface area contributed by atoms with Gasteiger partial charge in [0, 0.05) is 13.0 Å². The Labute approximate surface area is 291 Å². The van der Waals surface area contributed by atoms with E-state index in [0.29, 0.717) is 12.0 Å². The third-order valence-corrected chi connectivity index (χ3v) is 7.40. The van der Waals surface area contributed by atoms with E-state index in [1.807, 2.05) is 30.3 Å². The Morgan fingerprint density at radius 1 is 0.735 bits per heavy atom. The van der Waals surface area contributed by atoms with Crippen LogP contribution in [0, 0.1) is 0 Å². The highest BCUT2D eigenvalue weighted by Gasteiger charge is 2.38. The lowest BCUT2D eigenvalue weighted by molar-refractivity contribution is -0.159. The van der Waals surface area contributed by atoms with Crippen molar-refractivity contribution >= 4 is 29.8 Å². The van der Waals surface area contributed by atoms with Gasteiger partial charge in [0.2, 0.25) is 17.7 Å². The number of benzene rings is 2. The van der Waals surface area contributed by atoms with Gasteiger partial charge in [-0.1, -0.05) is 99.7 Å². The summed E-state index contributed by atoms with van der Waals surface area (Å²) in [6.07, 6.45) is 4.23. The molecule has 2 aromatic rings. The van der Waals surface area contributed by atoms with Crippen LogP contribution in [-0.2, 0) is 35.1 Å². The summed E-state index contributed by atoms with van der Waals surface area (Å²) in [6, 6.07) is 14.3. The SMILES string of the molecule is CCCCCCCCN(C(=O)C(CC(N)=O)NC(=O)OC(C)(C)C)C(C(=O)NC(Cc1ccccc1)C(=O)OC(C)(C)C)c1ccccc1. The van der Waals surface area contributed by atoms with Gasteiger partial charge in [-0.2, -0.15) is 0 Å². The molecule has 0 heterocycles. The van der Waals surface area contributed by atoms with Gasteiger partial charge in [0.1, 0.15) is 29.3 Å². The number of carbonyl (C=O) groups excluding carboxylic acids is 5. The maximum Gasteiger partial charge on any atom is 0.408 e. The number of primary amides is 1. The first-order chi connectivity index (χ1) is 23.0. The summed E-state index contributed by atoms with van der Waals surface area (Å²) < 4.78 is 11.1. The van der Waals surface area contributed by atoms with Gasteiger partial charge < -0.3 is 30.7 Å². The van der Waals surface area contributed by atoms with Crippen LogP contribution in [0.1, 0.15) is 111 Å². The molecule has 3 unspecified atom stereocenters. The van der Waals surface area contributed by atoms with Gasteiger partial charge in [0.15, 0.2) is 0 Å². The van der Waals surface area contributed by atoms with Crippen LogP contribution in [0.5, 0.6) is 0 Å². The molecule has 0 saturated heterocycles. The number of ether oxygens (including phenoxy) is 2. The molecule has 0 aliphatic heterocycles. The fourth-order valence-electron chi connectivity index (χ4n) is 5.26. The summed E-state index contributed by atoms with van der Waals surface area (Å²) in [4.78, 5) is 68.8. The van der Waals surface area contributed by atoms with Crippen LogP contribution < -0.4 is 16.4 Å². The highest BCUT2D eigenvalue weighted by atomic mass is 16.6. The second kappa shape index (κ2) is 19.6. The maximum absolute atomic E-state index is 14.5. The van der Waals surface area contributed by atoms with Gasteiger partial charge in [-0.3, -0.25) is 14.4 Å². The smallest absolute Gasteiger partial charge is 0.408 e. The Morgan fingerprint density at radius 3 is 1.84 bits per heavy atom. The summed E-state index contributed by atoms with van der Waals surface area (Å²) in [6.45, 7) is 12.5. The summed E-state index contributed by atoms with van der Waals surface area (Å²) in [5.41, 5.74) is 5.14. The van der Waals surface area contributed by atoms with Crippen LogP contribution in [0.25, 0.3) is 0 Å². The Kier molecular flexibility index (Phi) is 16.3. The van der Waals surface area contributed by atoms with Gasteiger partial charge >= 0.3 is 12.1 Å². The molecular formula is C38H56N4O7. The average molecular weight is 681 g/mol. The summed E-state index contributed by atoms with van der Waals surface area (Å²) in [5, 5.41) is 5.39. The van der Waals surface area contributed by atoms with Crippen molar-refractivity contribution in [3.8, 4) is 0 Å². The Hall–Kier alpha value is -4.41. The fourth-order valence-corrected chi connectivity index (χ4v) is 5.26. The van der Waals surface area contributed by atoms with E-state index in [4.69, 9.17) is 15.2 Å². The lowest BCUT2D eigenvalue weighted by atomic mass is 9.99. The topological polar surface area (TPSA) is 157 Å². The van der Waals surface area contributed by atoms with Crippen molar-refractivity contribution < 1.29 is 33.4 Å². The first-order valence-corrected chi connectivity index (χ1v) is 17.2. The number of esters is 1. The molecule has 0 spiro atoms. The maximum atomic E-state index is 14.5. The zero-order valence-electron chi connectivity index (χ0n) is 30.3. The summed E-state index contributed by atoms with van der Waals surface area (Å²) in [5.74, 6) is -2.74. The minimum atomic E-state index is -1.41. The average Bonchev–Trinajstić information content (AvgIpc) is 3.00. The lowest BCUT2D eigenvalue weighted by Gasteiger charge is -2.35. The van der Waals surface area contributed by atoms with Crippen LogP contribution in [0.4, 0.5) is 4.79 Å². The Balaban J connectivity index is 2.58. The molecule has 270 valence electrons. The Bertz CT molecular complexity index is 1350. The standard InChI is InChI=1S/C38H56N4O7/c1-8-9-10-11-12-19-24-42(34(45)29(26-31(39)43)41-36(47)49-38(5,6)7)32(28-22-17-14-18-23-28)33(44)40-30(35(46)48-37(2,3)4)25-27-20-15-13-16-21-27/h13-18,20-23,29-30,32H,8-12,19,24-26H2,1-7H3,(H2,39,43)(H,40,44)(H,41,47). The second-order valence-electron chi connectivity index (χ2n) is 14.3.